The molecule has 0 bridgehead atoms. The summed E-state index contributed by atoms with van der Waals surface area (Å²) in [6.45, 7) is 3.25. The molecule has 0 unspecified atom stereocenters. The van der Waals surface area contributed by atoms with Gasteiger partial charge in [-0.25, -0.2) is 0 Å². The van der Waals surface area contributed by atoms with Crippen molar-refractivity contribution >= 4 is 16.8 Å². The highest BCUT2D eigenvalue weighted by atomic mass is 16.5. The van der Waals surface area contributed by atoms with Gasteiger partial charge in [-0.2, -0.15) is 0 Å². The standard InChI is InChI=1S/C20H27N3O2/c1-25-16-8-7-14-11-18(22-17(14)12-16)20(24)21-13-15-5-4-10-23-9-3-2-6-19(15)23/h7-8,11-12,15,19,22H,2-6,9-10,13H2,1H3,(H,21,24)/t15-,19-/m1/s1. The molecule has 0 aliphatic carbocycles. The van der Waals surface area contributed by atoms with Crippen molar-refractivity contribution in [2.45, 2.75) is 38.1 Å². The quantitative estimate of drug-likeness (QED) is 0.898. The van der Waals surface area contributed by atoms with Crippen LogP contribution >= 0.6 is 0 Å². The molecule has 1 amide bonds. The average molecular weight is 341 g/mol. The maximum Gasteiger partial charge on any atom is 0.267 e. The largest absolute Gasteiger partial charge is 0.497 e. The number of methoxy groups -OCH3 is 1. The number of hydrogen-bond donors (Lipinski definition) is 2. The van der Waals surface area contributed by atoms with Crippen molar-refractivity contribution in [3.8, 4) is 5.75 Å². The molecule has 5 nitrogen and oxygen atoms in total. The summed E-state index contributed by atoms with van der Waals surface area (Å²) < 4.78 is 5.24. The molecule has 2 aliphatic heterocycles. The smallest absolute Gasteiger partial charge is 0.267 e. The van der Waals surface area contributed by atoms with Gasteiger partial charge in [0.2, 0.25) is 0 Å². The van der Waals surface area contributed by atoms with Gasteiger partial charge in [0.25, 0.3) is 5.91 Å². The second-order valence-electron chi connectivity index (χ2n) is 7.35. The van der Waals surface area contributed by atoms with Gasteiger partial charge in [-0.1, -0.05) is 6.42 Å². The van der Waals surface area contributed by atoms with Crippen LogP contribution in [0.2, 0.25) is 0 Å². The van der Waals surface area contributed by atoms with E-state index < -0.39 is 0 Å². The molecule has 5 heteroatoms. The van der Waals surface area contributed by atoms with Crippen LogP contribution in [0.1, 0.15) is 42.6 Å². The number of nitrogens with one attached hydrogen (secondary N) is 2. The van der Waals surface area contributed by atoms with Gasteiger partial charge in [-0.3, -0.25) is 4.79 Å². The molecule has 3 heterocycles. The normalized spacial score (nSPS) is 24.0. The van der Waals surface area contributed by atoms with Crippen LogP contribution in [-0.2, 0) is 0 Å². The van der Waals surface area contributed by atoms with Gasteiger partial charge in [-0.15, -0.1) is 0 Å². The molecule has 2 aromatic rings. The molecule has 2 atom stereocenters. The van der Waals surface area contributed by atoms with Crippen LogP contribution in [-0.4, -0.2) is 48.6 Å². The van der Waals surface area contributed by atoms with Crippen LogP contribution in [0.5, 0.6) is 5.75 Å². The van der Waals surface area contributed by atoms with Crippen molar-refractivity contribution in [3.63, 3.8) is 0 Å². The van der Waals surface area contributed by atoms with E-state index in [2.05, 4.69) is 15.2 Å². The summed E-state index contributed by atoms with van der Waals surface area (Å²) in [5.74, 6) is 1.37. The Balaban J connectivity index is 1.41. The number of aromatic nitrogens is 1. The molecule has 1 aromatic carbocycles. The van der Waals surface area contributed by atoms with Crippen LogP contribution in [0, 0.1) is 5.92 Å². The third-order valence-electron chi connectivity index (χ3n) is 5.83. The lowest BCUT2D eigenvalue weighted by molar-refractivity contribution is 0.0575. The number of nitrogens with zero attached hydrogens (tertiary/aromatic N) is 1. The first-order valence-corrected chi connectivity index (χ1v) is 9.43. The monoisotopic (exact) mass is 341 g/mol. The molecule has 4 rings (SSSR count). The Bertz CT molecular complexity index is 752. The minimum Gasteiger partial charge on any atom is -0.497 e. The summed E-state index contributed by atoms with van der Waals surface area (Å²) in [5, 5.41) is 4.19. The molecule has 2 aliphatic rings. The zero-order valence-corrected chi connectivity index (χ0v) is 14.9. The number of carbonyl (C=O) groups excluding carboxylic acids is 1. The van der Waals surface area contributed by atoms with Crippen LogP contribution in [0.3, 0.4) is 0 Å². The highest BCUT2D eigenvalue weighted by Gasteiger charge is 2.33. The van der Waals surface area contributed by atoms with E-state index in [9.17, 15) is 4.79 Å². The molecule has 2 N–H and O–H groups in total. The third kappa shape index (κ3) is 3.38. The molecule has 1 aromatic heterocycles. The number of ether oxygens (including phenoxy) is 1. The van der Waals surface area contributed by atoms with E-state index in [0.717, 1.165) is 23.2 Å². The van der Waals surface area contributed by atoms with E-state index in [1.165, 1.54) is 45.2 Å². The summed E-state index contributed by atoms with van der Waals surface area (Å²) in [7, 11) is 1.65. The maximum absolute atomic E-state index is 12.6. The fourth-order valence-corrected chi connectivity index (χ4v) is 4.49. The molecule has 0 radical (unpaired) electrons. The first-order valence-electron chi connectivity index (χ1n) is 9.43. The van der Waals surface area contributed by atoms with Crippen LogP contribution in [0.4, 0.5) is 0 Å². The number of benzene rings is 1. The number of amides is 1. The van der Waals surface area contributed by atoms with Crippen molar-refractivity contribution in [1.82, 2.24) is 15.2 Å². The highest BCUT2D eigenvalue weighted by Crippen LogP contribution is 2.30. The summed E-state index contributed by atoms with van der Waals surface area (Å²) >= 11 is 0. The van der Waals surface area contributed by atoms with Gasteiger partial charge >= 0.3 is 0 Å². The zero-order valence-electron chi connectivity index (χ0n) is 14.9. The molecule has 25 heavy (non-hydrogen) atoms. The summed E-state index contributed by atoms with van der Waals surface area (Å²) in [4.78, 5) is 18.4. The Labute approximate surface area is 148 Å². The SMILES string of the molecule is COc1ccc2cc(C(=O)NC[C@H]3CCCN4CCCC[C@H]34)[nH]c2c1. The average Bonchev–Trinajstić information content (AvgIpc) is 3.09. The maximum atomic E-state index is 12.6. The second-order valence-corrected chi connectivity index (χ2v) is 7.35. The molecular weight excluding hydrogens is 314 g/mol. The Kier molecular flexibility index (Phi) is 4.66. The minimum atomic E-state index is -0.0110. The van der Waals surface area contributed by atoms with Crippen molar-refractivity contribution in [2.24, 2.45) is 5.92 Å². The molecule has 0 spiro atoms. The Morgan fingerprint density at radius 3 is 3.00 bits per heavy atom. The van der Waals surface area contributed by atoms with Gasteiger partial charge in [0, 0.05) is 29.6 Å². The second kappa shape index (κ2) is 7.08. The van der Waals surface area contributed by atoms with Crippen LogP contribution < -0.4 is 10.1 Å². The minimum absolute atomic E-state index is 0.0110. The fourth-order valence-electron chi connectivity index (χ4n) is 4.49. The van der Waals surface area contributed by atoms with Crippen molar-refractivity contribution in [2.75, 3.05) is 26.7 Å². The topological polar surface area (TPSA) is 57.4 Å². The fraction of sp³-hybridized carbons (Fsp3) is 0.550. The first-order chi connectivity index (χ1) is 12.2. The van der Waals surface area contributed by atoms with E-state index in [1.54, 1.807) is 7.11 Å². The Morgan fingerprint density at radius 2 is 2.12 bits per heavy atom. The number of aromatic amines is 1. The number of rotatable bonds is 4. The lowest BCUT2D eigenvalue weighted by Crippen LogP contribution is -2.51. The molecule has 2 saturated heterocycles. The molecular formula is C20H27N3O2. The van der Waals surface area contributed by atoms with E-state index in [1.807, 2.05) is 24.3 Å². The number of H-pyrrole nitrogens is 1. The molecule has 0 saturated carbocycles. The summed E-state index contributed by atoms with van der Waals surface area (Å²) in [6, 6.07) is 8.39. The third-order valence-corrected chi connectivity index (χ3v) is 5.83. The van der Waals surface area contributed by atoms with Gasteiger partial charge in [0.1, 0.15) is 11.4 Å². The van der Waals surface area contributed by atoms with Crippen molar-refractivity contribution in [3.05, 3.63) is 30.0 Å². The van der Waals surface area contributed by atoms with E-state index >= 15 is 0 Å². The van der Waals surface area contributed by atoms with Crippen LogP contribution in [0.25, 0.3) is 10.9 Å². The number of carbonyl (C=O) groups is 1. The first kappa shape index (κ1) is 16.5. The summed E-state index contributed by atoms with van der Waals surface area (Å²) in [6.07, 6.45) is 6.42. The van der Waals surface area contributed by atoms with Crippen LogP contribution in [0.15, 0.2) is 24.3 Å². The zero-order chi connectivity index (χ0) is 17.2. The predicted molar refractivity (Wildman–Crippen MR) is 99.1 cm³/mol. The van der Waals surface area contributed by atoms with Gasteiger partial charge in [-0.05, 0) is 62.9 Å². The number of hydrogen-bond acceptors (Lipinski definition) is 3. The molecule has 134 valence electrons. The number of fused-ring (bicyclic) bond motifs is 2. The van der Waals surface area contributed by atoms with E-state index in [4.69, 9.17) is 4.74 Å². The Morgan fingerprint density at radius 1 is 1.24 bits per heavy atom. The van der Waals surface area contributed by atoms with Gasteiger partial charge < -0.3 is 19.9 Å². The summed E-state index contributed by atoms with van der Waals surface area (Å²) in [5.41, 5.74) is 1.56. The van der Waals surface area contributed by atoms with Gasteiger partial charge in [0.15, 0.2) is 0 Å². The lowest BCUT2D eigenvalue weighted by atomic mass is 9.83. The van der Waals surface area contributed by atoms with E-state index in [-0.39, 0.29) is 5.91 Å². The number of piperidine rings is 2. The van der Waals surface area contributed by atoms with Gasteiger partial charge in [0.05, 0.1) is 7.11 Å². The highest BCUT2D eigenvalue weighted by molar-refractivity contribution is 5.98. The Hall–Kier alpha value is -2.01. The molecule has 2 fully saturated rings. The van der Waals surface area contributed by atoms with Crippen molar-refractivity contribution in [1.29, 1.82) is 0 Å². The predicted octanol–water partition coefficient (Wildman–Crippen LogP) is 3.17. The van der Waals surface area contributed by atoms with E-state index in [0.29, 0.717) is 17.7 Å². The lowest BCUT2D eigenvalue weighted by Gasteiger charge is -2.44. The van der Waals surface area contributed by atoms with Crippen molar-refractivity contribution < 1.29 is 9.53 Å².